The molecule has 1 aromatic rings. The highest BCUT2D eigenvalue weighted by atomic mass is 127. The molecule has 6 heteroatoms. The average molecular weight is 341 g/mol. The summed E-state index contributed by atoms with van der Waals surface area (Å²) in [5, 5.41) is 0. The standard InChI is InChI=1S/C10H10F2INO2/c1-5-9(13)7(10(11)12)3-6(14-5)4-8(15)16-2/h3,10H,4H2,1-2H3. The van der Waals surface area contributed by atoms with Crippen molar-refractivity contribution in [2.24, 2.45) is 0 Å². The number of carbonyl (C=O) groups excluding carboxylic acids is 1. The van der Waals surface area contributed by atoms with Crippen LogP contribution in [0, 0.1) is 10.5 Å². The van der Waals surface area contributed by atoms with E-state index in [4.69, 9.17) is 0 Å². The van der Waals surface area contributed by atoms with E-state index in [0.29, 0.717) is 15.0 Å². The molecule has 0 radical (unpaired) electrons. The fourth-order valence-corrected chi connectivity index (χ4v) is 1.73. The number of nitrogens with zero attached hydrogens (tertiary/aromatic N) is 1. The first-order chi connectivity index (χ1) is 7.45. The molecule has 0 amide bonds. The minimum absolute atomic E-state index is 0.0893. The summed E-state index contributed by atoms with van der Waals surface area (Å²) in [6, 6.07) is 1.25. The van der Waals surface area contributed by atoms with Gasteiger partial charge in [-0.05, 0) is 35.6 Å². The van der Waals surface area contributed by atoms with Crippen molar-refractivity contribution < 1.29 is 18.3 Å². The fourth-order valence-electron chi connectivity index (χ4n) is 1.22. The summed E-state index contributed by atoms with van der Waals surface area (Å²) in [5.41, 5.74) is 0.712. The molecule has 16 heavy (non-hydrogen) atoms. The lowest BCUT2D eigenvalue weighted by Gasteiger charge is -2.08. The summed E-state index contributed by atoms with van der Waals surface area (Å²) in [5.74, 6) is -0.492. The molecule has 0 N–H and O–H groups in total. The van der Waals surface area contributed by atoms with Gasteiger partial charge >= 0.3 is 5.97 Å². The van der Waals surface area contributed by atoms with E-state index in [2.05, 4.69) is 9.72 Å². The largest absolute Gasteiger partial charge is 0.469 e. The van der Waals surface area contributed by atoms with E-state index in [1.54, 1.807) is 6.92 Å². The molecule has 3 nitrogen and oxygen atoms in total. The van der Waals surface area contributed by atoms with Gasteiger partial charge in [-0.2, -0.15) is 0 Å². The Labute approximate surface area is 105 Å². The molecule has 0 fully saturated rings. The predicted octanol–water partition coefficient (Wildman–Crippen LogP) is 2.65. The van der Waals surface area contributed by atoms with Gasteiger partial charge in [-0.15, -0.1) is 0 Å². The Morgan fingerprint density at radius 2 is 2.25 bits per heavy atom. The molecule has 0 unspecified atom stereocenters. The van der Waals surface area contributed by atoms with Crippen molar-refractivity contribution in [1.29, 1.82) is 0 Å². The van der Waals surface area contributed by atoms with Crippen LogP contribution >= 0.6 is 22.6 Å². The summed E-state index contributed by atoms with van der Waals surface area (Å²) in [6.07, 6.45) is -2.65. The highest BCUT2D eigenvalue weighted by Gasteiger charge is 2.16. The molecule has 0 aliphatic carbocycles. The number of hydrogen-bond donors (Lipinski definition) is 0. The molecule has 0 bridgehead atoms. The van der Waals surface area contributed by atoms with Gasteiger partial charge < -0.3 is 4.74 Å². The summed E-state index contributed by atoms with van der Waals surface area (Å²) in [4.78, 5) is 15.1. The quantitative estimate of drug-likeness (QED) is 0.627. The number of aryl methyl sites for hydroxylation is 1. The van der Waals surface area contributed by atoms with E-state index in [9.17, 15) is 13.6 Å². The second-order valence-electron chi connectivity index (χ2n) is 3.16. The van der Waals surface area contributed by atoms with Crippen LogP contribution in [0.25, 0.3) is 0 Å². The molecule has 0 spiro atoms. The maximum absolute atomic E-state index is 12.7. The molecule has 0 saturated carbocycles. The number of alkyl halides is 2. The topological polar surface area (TPSA) is 39.2 Å². The number of carbonyl (C=O) groups is 1. The Bertz CT molecular complexity index is 410. The van der Waals surface area contributed by atoms with E-state index >= 15 is 0 Å². The normalized spacial score (nSPS) is 10.6. The maximum atomic E-state index is 12.7. The van der Waals surface area contributed by atoms with Gasteiger partial charge in [-0.3, -0.25) is 9.78 Å². The highest BCUT2D eigenvalue weighted by molar-refractivity contribution is 14.1. The van der Waals surface area contributed by atoms with Crippen molar-refractivity contribution in [3.8, 4) is 0 Å². The van der Waals surface area contributed by atoms with Gasteiger partial charge in [0.05, 0.1) is 24.9 Å². The van der Waals surface area contributed by atoms with Gasteiger partial charge in [0, 0.05) is 9.13 Å². The molecular weight excluding hydrogens is 331 g/mol. The maximum Gasteiger partial charge on any atom is 0.311 e. The zero-order valence-corrected chi connectivity index (χ0v) is 10.9. The van der Waals surface area contributed by atoms with Crippen molar-refractivity contribution in [1.82, 2.24) is 4.98 Å². The summed E-state index contributed by atoms with van der Waals surface area (Å²) >= 11 is 1.82. The highest BCUT2D eigenvalue weighted by Crippen LogP contribution is 2.26. The number of esters is 1. The number of methoxy groups -OCH3 is 1. The Hall–Kier alpha value is -0.790. The van der Waals surface area contributed by atoms with Crippen molar-refractivity contribution in [2.75, 3.05) is 7.11 Å². The van der Waals surface area contributed by atoms with E-state index in [1.807, 2.05) is 22.6 Å². The Kier molecular flexibility index (Phi) is 4.57. The molecule has 0 saturated heterocycles. The van der Waals surface area contributed by atoms with Gasteiger partial charge in [0.25, 0.3) is 6.43 Å². The molecule has 1 heterocycles. The van der Waals surface area contributed by atoms with Gasteiger partial charge in [0.15, 0.2) is 0 Å². The first kappa shape index (κ1) is 13.3. The van der Waals surface area contributed by atoms with E-state index in [1.165, 1.54) is 13.2 Å². The number of aromatic nitrogens is 1. The number of hydrogen-bond acceptors (Lipinski definition) is 3. The number of ether oxygens (including phenoxy) is 1. The summed E-state index contributed by atoms with van der Waals surface area (Å²) in [6.45, 7) is 1.63. The van der Waals surface area contributed by atoms with Crippen LogP contribution in [0.1, 0.15) is 23.4 Å². The minimum Gasteiger partial charge on any atom is -0.469 e. The van der Waals surface area contributed by atoms with Crippen LogP contribution in [0.3, 0.4) is 0 Å². The van der Waals surface area contributed by atoms with E-state index < -0.39 is 12.4 Å². The Balaban J connectivity index is 3.09. The Morgan fingerprint density at radius 1 is 1.62 bits per heavy atom. The number of pyridine rings is 1. The summed E-state index contributed by atoms with van der Waals surface area (Å²) in [7, 11) is 1.25. The van der Waals surface area contributed by atoms with Gasteiger partial charge in [0.1, 0.15) is 0 Å². The molecule has 88 valence electrons. The van der Waals surface area contributed by atoms with Crippen LogP contribution in [0.2, 0.25) is 0 Å². The monoisotopic (exact) mass is 341 g/mol. The molecule has 0 aromatic carbocycles. The van der Waals surface area contributed by atoms with Crippen LogP contribution in [0.15, 0.2) is 6.07 Å². The minimum atomic E-state index is -2.56. The molecule has 0 aliphatic rings. The van der Waals surface area contributed by atoms with Crippen LogP contribution in [0.5, 0.6) is 0 Å². The second-order valence-corrected chi connectivity index (χ2v) is 4.23. The molecule has 0 atom stereocenters. The molecule has 1 rings (SSSR count). The predicted molar refractivity (Wildman–Crippen MR) is 62.4 cm³/mol. The zero-order valence-electron chi connectivity index (χ0n) is 8.76. The number of halogens is 3. The van der Waals surface area contributed by atoms with Crippen LogP contribution in [-0.2, 0) is 16.0 Å². The SMILES string of the molecule is COC(=O)Cc1cc(C(F)F)c(I)c(C)n1. The van der Waals surface area contributed by atoms with E-state index in [0.717, 1.165) is 0 Å². The average Bonchev–Trinajstić information content (AvgIpc) is 2.22. The molecular formula is C10H10F2INO2. The lowest BCUT2D eigenvalue weighted by atomic mass is 10.1. The van der Waals surface area contributed by atoms with Crippen molar-refractivity contribution in [3.63, 3.8) is 0 Å². The van der Waals surface area contributed by atoms with Gasteiger partial charge in [0.2, 0.25) is 0 Å². The van der Waals surface area contributed by atoms with E-state index in [-0.39, 0.29) is 12.0 Å². The zero-order chi connectivity index (χ0) is 12.3. The van der Waals surface area contributed by atoms with Crippen molar-refractivity contribution in [3.05, 3.63) is 26.6 Å². The first-order valence-electron chi connectivity index (χ1n) is 4.46. The summed E-state index contributed by atoms with van der Waals surface area (Å²) < 4.78 is 30.2. The fraction of sp³-hybridized carbons (Fsp3) is 0.400. The van der Waals surface area contributed by atoms with Gasteiger partial charge in [-0.25, -0.2) is 8.78 Å². The van der Waals surface area contributed by atoms with Crippen LogP contribution < -0.4 is 0 Å². The van der Waals surface area contributed by atoms with Crippen molar-refractivity contribution in [2.45, 2.75) is 19.8 Å². The molecule has 0 aliphatic heterocycles. The van der Waals surface area contributed by atoms with Crippen LogP contribution in [0.4, 0.5) is 8.78 Å². The Morgan fingerprint density at radius 3 is 2.75 bits per heavy atom. The smallest absolute Gasteiger partial charge is 0.311 e. The third-order valence-corrected chi connectivity index (χ3v) is 3.40. The third-order valence-electron chi connectivity index (χ3n) is 1.99. The number of rotatable bonds is 3. The molecule has 1 aromatic heterocycles. The second kappa shape index (κ2) is 5.51. The van der Waals surface area contributed by atoms with Crippen molar-refractivity contribution >= 4 is 28.6 Å². The third kappa shape index (κ3) is 3.10. The first-order valence-corrected chi connectivity index (χ1v) is 5.54. The van der Waals surface area contributed by atoms with Gasteiger partial charge in [-0.1, -0.05) is 0 Å². The van der Waals surface area contributed by atoms with Crippen LogP contribution in [-0.4, -0.2) is 18.1 Å². The lowest BCUT2D eigenvalue weighted by molar-refractivity contribution is -0.139. The lowest BCUT2D eigenvalue weighted by Crippen LogP contribution is -2.08.